The zero-order valence-electron chi connectivity index (χ0n) is 4.40. The van der Waals surface area contributed by atoms with Crippen LogP contribution in [0.4, 0.5) is 4.79 Å². The third kappa shape index (κ3) is 1.10. The smallest absolute Gasteiger partial charge is 0.274 e. The molecular weight excluding hydrogens is 336 g/mol. The number of nitrogens with zero attached hydrogens (tertiary/aromatic N) is 1. The molecule has 56 valence electrons. The maximum absolute atomic E-state index is 10.8. The number of carbonyl (C=O) groups is 2. The second-order valence-electron chi connectivity index (χ2n) is 1.58. The van der Waals surface area contributed by atoms with E-state index in [2.05, 4.69) is 53.3 Å². The molecular formula is C3HBr3N2O2. The highest BCUT2D eigenvalue weighted by atomic mass is 79.9. The van der Waals surface area contributed by atoms with Gasteiger partial charge < -0.3 is 0 Å². The molecule has 10 heavy (non-hydrogen) atoms. The minimum Gasteiger partial charge on any atom is -0.274 e. The van der Waals surface area contributed by atoms with Crippen LogP contribution in [0.15, 0.2) is 0 Å². The second-order valence-corrected chi connectivity index (χ2v) is 5.65. The SMILES string of the molecule is O=C1NC(=O)C(Br)(Br)N1Br. The zero-order valence-corrected chi connectivity index (χ0v) is 9.16. The van der Waals surface area contributed by atoms with Crippen molar-refractivity contribution < 1.29 is 9.59 Å². The summed E-state index contributed by atoms with van der Waals surface area (Å²) in [5.74, 6) is -0.450. The van der Waals surface area contributed by atoms with Gasteiger partial charge in [0.1, 0.15) is 0 Å². The molecule has 0 aliphatic carbocycles. The minimum absolute atomic E-state index is 0.450. The average molecular weight is 337 g/mol. The number of alkyl halides is 2. The van der Waals surface area contributed by atoms with Crippen LogP contribution in [0.25, 0.3) is 0 Å². The number of nitrogens with one attached hydrogen (secondary N) is 1. The van der Waals surface area contributed by atoms with Crippen molar-refractivity contribution in [3.05, 3.63) is 0 Å². The summed E-state index contributed by atoms with van der Waals surface area (Å²) in [7, 11) is 0. The van der Waals surface area contributed by atoms with Crippen LogP contribution in [-0.2, 0) is 4.79 Å². The second kappa shape index (κ2) is 2.46. The molecule has 1 N–H and O–H groups in total. The van der Waals surface area contributed by atoms with Gasteiger partial charge in [-0.05, 0) is 31.9 Å². The summed E-state index contributed by atoms with van der Waals surface area (Å²) in [5.41, 5.74) is 0. The first-order chi connectivity index (χ1) is 4.46. The van der Waals surface area contributed by atoms with E-state index in [0.717, 1.165) is 3.93 Å². The van der Waals surface area contributed by atoms with Crippen LogP contribution < -0.4 is 5.32 Å². The van der Waals surface area contributed by atoms with Crippen molar-refractivity contribution in [1.29, 1.82) is 0 Å². The standard InChI is InChI=1S/C3HBr3N2O2/c4-3(5)1(9)7-2(10)8(3)6/h(H,7,9,10). The Morgan fingerprint density at radius 3 is 2.00 bits per heavy atom. The number of rotatable bonds is 0. The number of halogens is 3. The molecule has 0 radical (unpaired) electrons. The van der Waals surface area contributed by atoms with Gasteiger partial charge in [0, 0.05) is 0 Å². The lowest BCUT2D eigenvalue weighted by Crippen LogP contribution is -2.31. The quantitative estimate of drug-likeness (QED) is 0.314. The highest BCUT2D eigenvalue weighted by molar-refractivity contribution is 9.26. The molecule has 0 bridgehead atoms. The lowest BCUT2D eigenvalue weighted by molar-refractivity contribution is -0.119. The molecule has 1 saturated heterocycles. The molecule has 4 nitrogen and oxygen atoms in total. The Balaban J connectivity index is 2.96. The van der Waals surface area contributed by atoms with Gasteiger partial charge in [0.15, 0.2) is 0 Å². The first-order valence-corrected chi connectivity index (χ1v) is 4.45. The van der Waals surface area contributed by atoms with Crippen LogP contribution in [-0.4, -0.2) is 19.2 Å². The molecule has 0 saturated carbocycles. The predicted octanol–water partition coefficient (Wildman–Crippen LogP) is 1.29. The molecule has 0 aromatic carbocycles. The van der Waals surface area contributed by atoms with Gasteiger partial charge in [-0.2, -0.15) is 0 Å². The summed E-state index contributed by atoms with van der Waals surface area (Å²) in [4.78, 5) is 21.5. The molecule has 3 amide bonds. The van der Waals surface area contributed by atoms with Crippen molar-refractivity contribution in [2.45, 2.75) is 3.36 Å². The Labute approximate surface area is 81.9 Å². The van der Waals surface area contributed by atoms with E-state index in [9.17, 15) is 9.59 Å². The number of carbonyl (C=O) groups excluding carboxylic acids is 2. The number of imide groups is 1. The van der Waals surface area contributed by atoms with E-state index in [4.69, 9.17) is 0 Å². The Bertz CT molecular complexity index is 204. The molecule has 0 spiro atoms. The van der Waals surface area contributed by atoms with Gasteiger partial charge in [0.2, 0.25) is 3.36 Å². The van der Waals surface area contributed by atoms with Gasteiger partial charge >= 0.3 is 6.03 Å². The Morgan fingerprint density at radius 2 is 1.90 bits per heavy atom. The Hall–Kier alpha value is 0.380. The van der Waals surface area contributed by atoms with Crippen LogP contribution in [0, 0.1) is 0 Å². The topological polar surface area (TPSA) is 49.4 Å². The van der Waals surface area contributed by atoms with Gasteiger partial charge in [-0.1, -0.05) is 0 Å². The van der Waals surface area contributed by atoms with E-state index in [1.54, 1.807) is 0 Å². The summed E-state index contributed by atoms with van der Waals surface area (Å²) in [6, 6.07) is -0.501. The fourth-order valence-electron chi connectivity index (χ4n) is 0.438. The van der Waals surface area contributed by atoms with Crippen molar-refractivity contribution in [3.8, 4) is 0 Å². The van der Waals surface area contributed by atoms with Gasteiger partial charge in [-0.3, -0.25) is 10.1 Å². The van der Waals surface area contributed by atoms with Crippen LogP contribution >= 0.6 is 48.0 Å². The summed E-state index contributed by atoms with van der Waals surface area (Å²) in [6.45, 7) is 0. The van der Waals surface area contributed by atoms with Crippen molar-refractivity contribution in [2.24, 2.45) is 0 Å². The van der Waals surface area contributed by atoms with Crippen molar-refractivity contribution in [2.75, 3.05) is 0 Å². The molecule has 1 heterocycles. The molecule has 7 heteroatoms. The Morgan fingerprint density at radius 1 is 1.40 bits per heavy atom. The maximum Gasteiger partial charge on any atom is 0.336 e. The minimum atomic E-state index is -1.14. The third-order valence-electron chi connectivity index (χ3n) is 0.919. The van der Waals surface area contributed by atoms with Gasteiger partial charge in [-0.25, -0.2) is 8.72 Å². The third-order valence-corrected chi connectivity index (χ3v) is 4.15. The fourth-order valence-corrected chi connectivity index (χ4v) is 1.21. The first kappa shape index (κ1) is 8.48. The molecule has 1 aliphatic rings. The van der Waals surface area contributed by atoms with Crippen LogP contribution in [0.2, 0.25) is 0 Å². The number of amides is 3. The lowest BCUT2D eigenvalue weighted by atomic mass is 10.7. The molecule has 1 rings (SSSR count). The maximum atomic E-state index is 10.8. The van der Waals surface area contributed by atoms with E-state index >= 15 is 0 Å². The van der Waals surface area contributed by atoms with Gasteiger partial charge in [-0.15, -0.1) is 0 Å². The number of hydrogen-bond donors (Lipinski definition) is 1. The highest BCUT2D eigenvalue weighted by Gasteiger charge is 2.48. The van der Waals surface area contributed by atoms with E-state index < -0.39 is 15.3 Å². The molecule has 1 fully saturated rings. The van der Waals surface area contributed by atoms with E-state index in [1.165, 1.54) is 0 Å². The molecule has 0 atom stereocenters. The predicted molar refractivity (Wildman–Crippen MR) is 44.9 cm³/mol. The zero-order chi connectivity index (χ0) is 7.94. The molecule has 0 aromatic rings. The fraction of sp³-hybridized carbons (Fsp3) is 0.333. The summed E-state index contributed by atoms with van der Waals surface area (Å²) >= 11 is 8.83. The van der Waals surface area contributed by atoms with Gasteiger partial charge in [0.05, 0.1) is 16.1 Å². The molecule has 0 unspecified atom stereocenters. The molecule has 0 aromatic heterocycles. The Kier molecular flexibility index (Phi) is 2.08. The van der Waals surface area contributed by atoms with Gasteiger partial charge in [0.25, 0.3) is 5.91 Å². The van der Waals surface area contributed by atoms with E-state index in [0.29, 0.717) is 0 Å². The van der Waals surface area contributed by atoms with E-state index in [1.807, 2.05) is 0 Å². The largest absolute Gasteiger partial charge is 0.336 e. The summed E-state index contributed by atoms with van der Waals surface area (Å²) < 4.78 is -0.112. The molecule has 1 aliphatic heterocycles. The summed E-state index contributed by atoms with van der Waals surface area (Å²) in [5, 5.41) is 2.06. The van der Waals surface area contributed by atoms with Crippen molar-refractivity contribution in [3.63, 3.8) is 0 Å². The van der Waals surface area contributed by atoms with Crippen molar-refractivity contribution >= 4 is 59.9 Å². The van der Waals surface area contributed by atoms with Crippen molar-refractivity contribution in [1.82, 2.24) is 9.24 Å². The monoisotopic (exact) mass is 334 g/mol. The average Bonchev–Trinajstić information content (AvgIpc) is 1.97. The lowest BCUT2D eigenvalue weighted by Gasteiger charge is -2.15. The summed E-state index contributed by atoms with van der Waals surface area (Å²) in [6.07, 6.45) is 0. The van der Waals surface area contributed by atoms with Crippen LogP contribution in [0.3, 0.4) is 0 Å². The normalized spacial score (nSPS) is 23.3. The van der Waals surface area contributed by atoms with Crippen LogP contribution in [0.1, 0.15) is 0 Å². The van der Waals surface area contributed by atoms with E-state index in [-0.39, 0.29) is 0 Å². The number of hydrogen-bond acceptors (Lipinski definition) is 2. The first-order valence-electron chi connectivity index (χ1n) is 2.15. The van der Waals surface area contributed by atoms with Crippen LogP contribution in [0.5, 0.6) is 0 Å². The highest BCUT2D eigenvalue weighted by Crippen LogP contribution is 2.37. The number of urea groups is 1.